The topological polar surface area (TPSA) is 162 Å². The van der Waals surface area contributed by atoms with Crippen molar-refractivity contribution in [2.75, 3.05) is 16.3 Å². The lowest BCUT2D eigenvalue weighted by atomic mass is 9.74. The number of carbonyl (C=O) groups excluding carboxylic acids is 1. The first kappa shape index (κ1) is 24.9. The maximum atomic E-state index is 13.6. The first-order valence-corrected chi connectivity index (χ1v) is 14.1. The molecule has 35 heavy (non-hydrogen) atoms. The Morgan fingerprint density at radius 1 is 1.17 bits per heavy atom. The average molecular weight is 520 g/mol. The number of hydrogen-bond acceptors (Lipinski definition) is 8. The molecule has 2 aromatic rings. The van der Waals surface area contributed by atoms with Crippen molar-refractivity contribution in [3.63, 3.8) is 0 Å². The zero-order valence-electron chi connectivity index (χ0n) is 19.2. The van der Waals surface area contributed by atoms with Gasteiger partial charge in [-0.05, 0) is 37.0 Å². The number of sulfonamides is 2. The number of nitrogens with one attached hydrogen (secondary N) is 2. The Hall–Kier alpha value is -3.22. The number of ketones is 1. The van der Waals surface area contributed by atoms with E-state index in [2.05, 4.69) is 14.4 Å². The van der Waals surface area contributed by atoms with Crippen LogP contribution in [0.2, 0.25) is 0 Å². The molecule has 4 N–H and O–H groups in total. The Labute approximate surface area is 203 Å². The number of aliphatic hydroxyl groups excluding tert-OH is 1. The lowest BCUT2D eigenvalue weighted by Crippen LogP contribution is -2.44. The molecule has 0 saturated carbocycles. The maximum Gasteiger partial charge on any atom is 0.286 e. The molecule has 1 atom stereocenters. The summed E-state index contributed by atoms with van der Waals surface area (Å²) in [5.74, 6) is -1.62. The highest BCUT2D eigenvalue weighted by molar-refractivity contribution is 7.92. The molecule has 0 amide bonds. The number of aliphatic hydroxyl groups is 2. The minimum Gasteiger partial charge on any atom is -0.506 e. The molecule has 186 valence electrons. The minimum absolute atomic E-state index is 0.0167. The Kier molecular flexibility index (Phi) is 6.02. The van der Waals surface area contributed by atoms with Gasteiger partial charge < -0.3 is 15.5 Å². The van der Waals surface area contributed by atoms with E-state index < -0.39 is 48.6 Å². The number of fused-ring (bicyclic) bond motifs is 2. The van der Waals surface area contributed by atoms with E-state index in [9.17, 15) is 31.8 Å². The third kappa shape index (κ3) is 4.56. The van der Waals surface area contributed by atoms with E-state index in [1.165, 1.54) is 18.2 Å². The smallest absolute Gasteiger partial charge is 0.286 e. The summed E-state index contributed by atoms with van der Waals surface area (Å²) < 4.78 is 54.9. The van der Waals surface area contributed by atoms with Gasteiger partial charge in [-0.15, -0.1) is 4.40 Å². The number of Topliss-reactive ketones (excluding diaryl/α,β-unsaturated/α-hetero) is 1. The van der Waals surface area contributed by atoms with Crippen LogP contribution in [0.3, 0.4) is 0 Å². The Morgan fingerprint density at radius 2 is 1.86 bits per heavy atom. The van der Waals surface area contributed by atoms with Crippen molar-refractivity contribution in [2.45, 2.75) is 37.2 Å². The highest BCUT2D eigenvalue weighted by atomic mass is 32.2. The van der Waals surface area contributed by atoms with Crippen LogP contribution < -0.4 is 10.0 Å². The number of hydrogen-bond donors (Lipinski definition) is 4. The van der Waals surface area contributed by atoms with E-state index in [0.717, 1.165) is 12.3 Å². The van der Waals surface area contributed by atoms with Gasteiger partial charge in [0.25, 0.3) is 10.0 Å². The van der Waals surface area contributed by atoms with E-state index in [1.54, 1.807) is 18.2 Å². The van der Waals surface area contributed by atoms with Crippen molar-refractivity contribution in [3.05, 3.63) is 59.2 Å². The molecule has 2 aliphatic rings. The predicted octanol–water partition coefficient (Wildman–Crippen LogP) is 2.75. The third-order valence-electron chi connectivity index (χ3n) is 5.81. The first-order chi connectivity index (χ1) is 16.2. The molecule has 1 aliphatic carbocycles. The van der Waals surface area contributed by atoms with Crippen LogP contribution in [-0.2, 0) is 30.4 Å². The van der Waals surface area contributed by atoms with E-state index in [-0.39, 0.29) is 39.7 Å². The number of anilines is 2. The zero-order valence-corrected chi connectivity index (χ0v) is 20.9. The van der Waals surface area contributed by atoms with Crippen LogP contribution in [0.5, 0.6) is 0 Å². The van der Waals surface area contributed by atoms with E-state index in [4.69, 9.17) is 0 Å². The summed E-state index contributed by atoms with van der Waals surface area (Å²) in [6.07, 6.45) is 1.49. The molecule has 12 heteroatoms. The van der Waals surface area contributed by atoms with Gasteiger partial charge in [-0.25, -0.2) is 8.42 Å². The second-order valence-electron chi connectivity index (χ2n) is 9.02. The number of rotatable bonds is 6. The zero-order chi connectivity index (χ0) is 25.8. The van der Waals surface area contributed by atoms with Crippen molar-refractivity contribution < 1.29 is 31.8 Å². The van der Waals surface area contributed by atoms with Crippen molar-refractivity contribution in [1.82, 2.24) is 0 Å². The van der Waals surface area contributed by atoms with Gasteiger partial charge >= 0.3 is 0 Å². The summed E-state index contributed by atoms with van der Waals surface area (Å²) in [4.78, 5) is 13.3. The second-order valence-corrected chi connectivity index (χ2v) is 12.3. The molecule has 0 radical (unpaired) electrons. The number of amidine groups is 1. The molecule has 0 saturated heterocycles. The molecule has 0 bridgehead atoms. The van der Waals surface area contributed by atoms with Crippen LogP contribution in [0.4, 0.5) is 11.4 Å². The minimum atomic E-state index is -4.39. The molecule has 10 nitrogen and oxygen atoms in total. The molecule has 1 heterocycles. The van der Waals surface area contributed by atoms with Crippen molar-refractivity contribution in [3.8, 4) is 0 Å². The van der Waals surface area contributed by atoms with Crippen LogP contribution in [0.15, 0.2) is 57.3 Å². The number of carbonyl (C=O) groups is 1. The van der Waals surface area contributed by atoms with Gasteiger partial charge in [-0.2, -0.15) is 8.42 Å². The monoisotopic (exact) mass is 519 g/mol. The van der Waals surface area contributed by atoms with Crippen molar-refractivity contribution >= 4 is 48.8 Å². The molecule has 0 unspecified atom stereocenters. The lowest BCUT2D eigenvalue weighted by molar-refractivity contribution is -0.135. The van der Waals surface area contributed by atoms with Gasteiger partial charge in [-0.1, -0.05) is 38.1 Å². The van der Waals surface area contributed by atoms with Crippen LogP contribution in [-0.4, -0.2) is 44.9 Å². The standard InChI is InChI=1S/C23H25N3O7S2/c1-13(2)10-11-23(29)16-7-5-4-6-15(16)20(27)19(21(23)28)22-24-17-9-8-14(25-34(3,30)31)12-18(17)35(32,33)26-22/h4-9,12-13,25,27,29H,10-11H2,1-3H3,(H,24,26)/t23-/m1/s1. The first-order valence-electron chi connectivity index (χ1n) is 10.8. The van der Waals surface area contributed by atoms with E-state index in [1.807, 2.05) is 13.8 Å². The van der Waals surface area contributed by atoms with Gasteiger partial charge in [0.15, 0.2) is 11.4 Å². The summed E-state index contributed by atoms with van der Waals surface area (Å²) >= 11 is 0. The molecule has 4 rings (SSSR count). The molecule has 2 aromatic carbocycles. The van der Waals surface area contributed by atoms with Crippen LogP contribution in [0, 0.1) is 5.92 Å². The molecular formula is C23H25N3O7S2. The highest BCUT2D eigenvalue weighted by Crippen LogP contribution is 2.43. The summed E-state index contributed by atoms with van der Waals surface area (Å²) in [6.45, 7) is 3.89. The summed E-state index contributed by atoms with van der Waals surface area (Å²) in [6, 6.07) is 10.1. The molecule has 0 fully saturated rings. The number of benzene rings is 2. The van der Waals surface area contributed by atoms with Gasteiger partial charge in [0, 0.05) is 16.8 Å². The van der Waals surface area contributed by atoms with Crippen LogP contribution >= 0.6 is 0 Å². The summed E-state index contributed by atoms with van der Waals surface area (Å²) in [7, 11) is -8.04. The SMILES string of the molecule is CC(C)CC[C@]1(O)C(=O)C(C2=NS(=O)(=O)c3cc(NS(C)(=O)=O)ccc3N2)=C(O)c2ccccc21. The largest absolute Gasteiger partial charge is 0.506 e. The summed E-state index contributed by atoms with van der Waals surface area (Å²) in [5, 5.41) is 25.3. The van der Waals surface area contributed by atoms with E-state index in [0.29, 0.717) is 6.42 Å². The quantitative estimate of drug-likeness (QED) is 0.453. The van der Waals surface area contributed by atoms with Gasteiger partial charge in [-0.3, -0.25) is 9.52 Å². The Morgan fingerprint density at radius 3 is 2.51 bits per heavy atom. The van der Waals surface area contributed by atoms with E-state index >= 15 is 0 Å². The fraction of sp³-hybridized carbons (Fsp3) is 0.304. The highest BCUT2D eigenvalue weighted by Gasteiger charge is 2.48. The average Bonchev–Trinajstić information content (AvgIpc) is 2.76. The van der Waals surface area contributed by atoms with Gasteiger partial charge in [0.1, 0.15) is 16.2 Å². The fourth-order valence-corrected chi connectivity index (χ4v) is 5.84. The van der Waals surface area contributed by atoms with Gasteiger partial charge in [0.05, 0.1) is 11.9 Å². The molecule has 0 spiro atoms. The normalized spacial score (nSPS) is 21.2. The maximum absolute atomic E-state index is 13.6. The third-order valence-corrected chi connectivity index (χ3v) is 7.74. The molecular weight excluding hydrogens is 494 g/mol. The van der Waals surface area contributed by atoms with Crippen molar-refractivity contribution in [2.24, 2.45) is 10.3 Å². The fourth-order valence-electron chi connectivity index (χ4n) is 4.13. The Bertz CT molecular complexity index is 1510. The predicted molar refractivity (Wildman–Crippen MR) is 132 cm³/mol. The molecule has 0 aromatic heterocycles. The van der Waals surface area contributed by atoms with Gasteiger partial charge in [0.2, 0.25) is 15.8 Å². The lowest BCUT2D eigenvalue weighted by Gasteiger charge is -2.35. The Balaban J connectivity index is 1.84. The van der Waals surface area contributed by atoms with Crippen LogP contribution in [0.1, 0.15) is 37.8 Å². The second kappa shape index (κ2) is 8.47. The van der Waals surface area contributed by atoms with Crippen LogP contribution in [0.25, 0.3) is 5.76 Å². The van der Waals surface area contributed by atoms with Crippen molar-refractivity contribution in [1.29, 1.82) is 0 Å². The number of nitrogens with zero attached hydrogens (tertiary/aromatic N) is 1. The summed E-state index contributed by atoms with van der Waals surface area (Å²) in [5.41, 5.74) is -1.94. The molecule has 1 aliphatic heterocycles.